The maximum atomic E-state index is 10.9. The molecule has 0 spiro atoms. The van der Waals surface area contributed by atoms with E-state index in [0.717, 1.165) is 4.88 Å². The summed E-state index contributed by atoms with van der Waals surface area (Å²) >= 11 is 1.62. The van der Waals surface area contributed by atoms with Gasteiger partial charge in [-0.25, -0.2) is 4.98 Å². The Morgan fingerprint density at radius 1 is 1.47 bits per heavy atom. The maximum absolute atomic E-state index is 10.9. The number of rotatable bonds is 4. The summed E-state index contributed by atoms with van der Waals surface area (Å²) < 4.78 is 0. The molecule has 6 heteroatoms. The van der Waals surface area contributed by atoms with Crippen molar-refractivity contribution in [3.63, 3.8) is 0 Å². The van der Waals surface area contributed by atoms with E-state index in [9.17, 15) is 10.1 Å². The second kappa shape index (κ2) is 4.92. The third kappa shape index (κ3) is 2.59. The summed E-state index contributed by atoms with van der Waals surface area (Å²) in [6.07, 6.45) is 1.56. The van der Waals surface area contributed by atoms with Crippen molar-refractivity contribution in [1.82, 2.24) is 4.98 Å². The molecule has 0 aliphatic heterocycles. The number of aromatic nitrogens is 1. The van der Waals surface area contributed by atoms with Crippen LogP contribution in [-0.4, -0.2) is 17.0 Å². The van der Waals surface area contributed by atoms with Crippen molar-refractivity contribution < 1.29 is 4.92 Å². The summed E-state index contributed by atoms with van der Waals surface area (Å²) in [6, 6.07) is 6.99. The zero-order chi connectivity index (χ0) is 12.3. The Balaban J connectivity index is 2.24. The largest absolute Gasteiger partial charge is 0.349 e. The summed E-state index contributed by atoms with van der Waals surface area (Å²) in [4.78, 5) is 17.5. The number of pyridine rings is 1. The van der Waals surface area contributed by atoms with Gasteiger partial charge in [0.2, 0.25) is 5.82 Å². The smallest absolute Gasteiger partial charge is 0.311 e. The van der Waals surface area contributed by atoms with Gasteiger partial charge in [-0.1, -0.05) is 6.07 Å². The molecule has 5 nitrogen and oxygen atoms in total. The van der Waals surface area contributed by atoms with Crippen LogP contribution in [0.25, 0.3) is 0 Å². The molecular weight excluding hydrogens is 238 g/mol. The molecule has 0 fully saturated rings. The maximum Gasteiger partial charge on any atom is 0.311 e. The lowest BCUT2D eigenvalue weighted by Crippen LogP contribution is -2.18. The van der Waals surface area contributed by atoms with E-state index in [0.29, 0.717) is 12.4 Å². The lowest BCUT2D eigenvalue weighted by atomic mass is 10.3. The normalized spacial score (nSPS) is 10.2. The molecular formula is C11H11N3O2S. The van der Waals surface area contributed by atoms with E-state index in [1.54, 1.807) is 35.5 Å². The van der Waals surface area contributed by atoms with Crippen LogP contribution in [0, 0.1) is 10.1 Å². The lowest BCUT2D eigenvalue weighted by Gasteiger charge is -2.16. The molecule has 17 heavy (non-hydrogen) atoms. The molecule has 0 aliphatic rings. The molecule has 0 radical (unpaired) electrons. The summed E-state index contributed by atoms with van der Waals surface area (Å²) in [5.41, 5.74) is 0.0338. The molecule has 2 heterocycles. The molecule has 0 aromatic carbocycles. The van der Waals surface area contributed by atoms with E-state index in [-0.39, 0.29) is 5.69 Å². The van der Waals surface area contributed by atoms with Crippen LogP contribution in [0.15, 0.2) is 35.8 Å². The third-order valence-corrected chi connectivity index (χ3v) is 3.16. The summed E-state index contributed by atoms with van der Waals surface area (Å²) in [6.45, 7) is 0.621. The van der Waals surface area contributed by atoms with Crippen molar-refractivity contribution in [1.29, 1.82) is 0 Å². The van der Waals surface area contributed by atoms with Gasteiger partial charge in [0.15, 0.2) is 0 Å². The zero-order valence-corrected chi connectivity index (χ0v) is 10.1. The molecule has 2 aromatic heterocycles. The minimum atomic E-state index is -0.409. The number of thiophene rings is 1. The van der Waals surface area contributed by atoms with Gasteiger partial charge in [-0.05, 0) is 17.5 Å². The van der Waals surface area contributed by atoms with Gasteiger partial charge < -0.3 is 4.90 Å². The first-order chi connectivity index (χ1) is 8.18. The van der Waals surface area contributed by atoms with Crippen LogP contribution in [0.1, 0.15) is 4.88 Å². The SMILES string of the molecule is CN(Cc1cccs1)c1ncccc1[N+](=O)[O-]. The van der Waals surface area contributed by atoms with E-state index >= 15 is 0 Å². The second-order valence-electron chi connectivity index (χ2n) is 3.54. The Labute approximate surface area is 102 Å². The van der Waals surface area contributed by atoms with Gasteiger partial charge in [-0.15, -0.1) is 11.3 Å². The Kier molecular flexibility index (Phi) is 3.34. The molecule has 88 valence electrons. The van der Waals surface area contributed by atoms with E-state index < -0.39 is 4.92 Å². The Morgan fingerprint density at radius 2 is 2.29 bits per heavy atom. The minimum absolute atomic E-state index is 0.0338. The minimum Gasteiger partial charge on any atom is -0.349 e. The molecule has 0 saturated heterocycles. The monoisotopic (exact) mass is 249 g/mol. The van der Waals surface area contributed by atoms with Gasteiger partial charge in [0.1, 0.15) is 0 Å². The standard InChI is InChI=1S/C11H11N3O2S/c1-13(8-9-4-3-7-17-9)11-10(14(15)16)5-2-6-12-11/h2-7H,8H2,1H3. The average molecular weight is 249 g/mol. The molecule has 2 aromatic rings. The van der Waals surface area contributed by atoms with Crippen LogP contribution < -0.4 is 4.90 Å². The van der Waals surface area contributed by atoms with Crippen molar-refractivity contribution in [2.75, 3.05) is 11.9 Å². The summed E-state index contributed by atoms with van der Waals surface area (Å²) in [7, 11) is 1.80. The van der Waals surface area contributed by atoms with Gasteiger partial charge in [0.05, 0.1) is 11.5 Å². The zero-order valence-electron chi connectivity index (χ0n) is 9.24. The van der Waals surface area contributed by atoms with Crippen molar-refractivity contribution in [3.8, 4) is 0 Å². The van der Waals surface area contributed by atoms with Crippen LogP contribution in [0.3, 0.4) is 0 Å². The summed E-state index contributed by atoms with van der Waals surface area (Å²) in [5.74, 6) is 0.394. The van der Waals surface area contributed by atoms with Gasteiger partial charge >= 0.3 is 5.69 Å². The van der Waals surface area contributed by atoms with Crippen LogP contribution in [0.2, 0.25) is 0 Å². The van der Waals surface area contributed by atoms with Crippen molar-refractivity contribution in [3.05, 3.63) is 50.8 Å². The number of anilines is 1. The fraction of sp³-hybridized carbons (Fsp3) is 0.182. The van der Waals surface area contributed by atoms with Gasteiger partial charge in [0, 0.05) is 24.2 Å². The number of nitro groups is 1. The molecule has 0 unspecified atom stereocenters. The predicted molar refractivity (Wildman–Crippen MR) is 67.3 cm³/mol. The van der Waals surface area contributed by atoms with Gasteiger partial charge in [-0.3, -0.25) is 10.1 Å². The Morgan fingerprint density at radius 3 is 2.94 bits per heavy atom. The van der Waals surface area contributed by atoms with Crippen LogP contribution >= 0.6 is 11.3 Å². The Bertz CT molecular complexity index is 513. The fourth-order valence-electron chi connectivity index (χ4n) is 1.54. The molecule has 0 N–H and O–H groups in total. The van der Waals surface area contributed by atoms with Crippen molar-refractivity contribution in [2.45, 2.75) is 6.54 Å². The molecule has 0 amide bonds. The topological polar surface area (TPSA) is 59.3 Å². The lowest BCUT2D eigenvalue weighted by molar-refractivity contribution is -0.384. The first kappa shape index (κ1) is 11.5. The average Bonchev–Trinajstić information content (AvgIpc) is 2.81. The fourth-order valence-corrected chi connectivity index (χ4v) is 2.29. The van der Waals surface area contributed by atoms with Crippen molar-refractivity contribution >= 4 is 22.8 Å². The summed E-state index contributed by atoms with van der Waals surface area (Å²) in [5, 5.41) is 12.9. The number of hydrogen-bond acceptors (Lipinski definition) is 5. The van der Waals surface area contributed by atoms with Gasteiger partial charge in [-0.2, -0.15) is 0 Å². The number of hydrogen-bond donors (Lipinski definition) is 0. The van der Waals surface area contributed by atoms with Crippen molar-refractivity contribution in [2.24, 2.45) is 0 Å². The second-order valence-corrected chi connectivity index (χ2v) is 4.57. The van der Waals surface area contributed by atoms with Crippen LogP contribution in [-0.2, 0) is 6.54 Å². The number of nitrogens with zero attached hydrogens (tertiary/aromatic N) is 3. The molecule has 0 bridgehead atoms. The first-order valence-electron chi connectivity index (χ1n) is 5.01. The quantitative estimate of drug-likeness (QED) is 0.617. The molecule has 2 rings (SSSR count). The van der Waals surface area contributed by atoms with E-state index in [2.05, 4.69) is 4.98 Å². The molecule has 0 aliphatic carbocycles. The predicted octanol–water partition coefficient (Wildman–Crippen LogP) is 2.69. The van der Waals surface area contributed by atoms with E-state index in [1.165, 1.54) is 6.07 Å². The van der Waals surface area contributed by atoms with Gasteiger partial charge in [0.25, 0.3) is 0 Å². The van der Waals surface area contributed by atoms with E-state index in [1.807, 2.05) is 17.5 Å². The molecule has 0 saturated carbocycles. The van der Waals surface area contributed by atoms with Crippen LogP contribution in [0.5, 0.6) is 0 Å². The highest BCUT2D eigenvalue weighted by Crippen LogP contribution is 2.25. The highest BCUT2D eigenvalue weighted by Gasteiger charge is 2.17. The first-order valence-corrected chi connectivity index (χ1v) is 5.89. The highest BCUT2D eigenvalue weighted by molar-refractivity contribution is 7.09. The highest BCUT2D eigenvalue weighted by atomic mass is 32.1. The third-order valence-electron chi connectivity index (χ3n) is 2.30. The Hall–Kier alpha value is -1.95. The van der Waals surface area contributed by atoms with Crippen LogP contribution in [0.4, 0.5) is 11.5 Å². The van der Waals surface area contributed by atoms with E-state index in [4.69, 9.17) is 0 Å². The molecule has 0 atom stereocenters.